The average molecular weight is 339 g/mol. The van der Waals surface area contributed by atoms with Crippen LogP contribution in [0.4, 0.5) is 0 Å². The highest BCUT2D eigenvalue weighted by Crippen LogP contribution is 2.28. The van der Waals surface area contributed by atoms with Crippen LogP contribution in [0.2, 0.25) is 0 Å². The van der Waals surface area contributed by atoms with Crippen LogP contribution < -0.4 is 0 Å². The maximum Gasteiger partial charge on any atom is -0.0414 e. The van der Waals surface area contributed by atoms with E-state index in [-0.39, 0.29) is 0 Å². The first-order valence-corrected chi connectivity index (χ1v) is 11.8. The normalized spacial score (nSPS) is 14.0. The topological polar surface area (TPSA) is 0 Å². The Balaban J connectivity index is 4.05. The summed E-state index contributed by atoms with van der Waals surface area (Å²) >= 11 is 0. The third-order valence-corrected chi connectivity index (χ3v) is 5.83. The Morgan fingerprint density at radius 1 is 0.333 bits per heavy atom. The second kappa shape index (κ2) is 19.3. The lowest BCUT2D eigenvalue weighted by Gasteiger charge is -2.21. The van der Waals surface area contributed by atoms with Crippen LogP contribution in [0, 0.1) is 11.8 Å². The molecule has 0 N–H and O–H groups in total. The first-order chi connectivity index (χ1) is 11.8. The van der Waals surface area contributed by atoms with Gasteiger partial charge in [-0.15, -0.1) is 0 Å². The van der Waals surface area contributed by atoms with Crippen molar-refractivity contribution in [3.63, 3.8) is 0 Å². The number of unbranched alkanes of at least 4 members (excludes halogenated alkanes) is 8. The third-order valence-electron chi connectivity index (χ3n) is 5.83. The maximum atomic E-state index is 2.38. The predicted octanol–water partition coefficient (Wildman–Crippen LogP) is 9.32. The van der Waals surface area contributed by atoms with E-state index in [1.807, 2.05) is 0 Å². The first-order valence-electron chi connectivity index (χ1n) is 11.8. The standard InChI is InChI=1S/C24H50/c1-5-9-12-14-16-19-23(17-8-4)21-22-24(18-11-7-3)20-15-13-10-6-2/h23-24H,5-22H2,1-4H3. The summed E-state index contributed by atoms with van der Waals surface area (Å²) in [6.07, 6.45) is 26.2. The summed E-state index contributed by atoms with van der Waals surface area (Å²) in [5.74, 6) is 2.05. The molecule has 2 atom stereocenters. The summed E-state index contributed by atoms with van der Waals surface area (Å²) in [4.78, 5) is 0. The molecule has 0 aliphatic rings. The van der Waals surface area contributed by atoms with Gasteiger partial charge >= 0.3 is 0 Å². The first kappa shape index (κ1) is 24.0. The molecule has 2 unspecified atom stereocenters. The molecule has 0 nitrogen and oxygen atoms in total. The molecule has 0 aromatic heterocycles. The number of rotatable bonds is 19. The van der Waals surface area contributed by atoms with Gasteiger partial charge in [0.25, 0.3) is 0 Å². The lowest BCUT2D eigenvalue weighted by atomic mass is 9.85. The van der Waals surface area contributed by atoms with E-state index < -0.39 is 0 Å². The Labute approximate surface area is 155 Å². The number of hydrogen-bond donors (Lipinski definition) is 0. The fourth-order valence-electron chi connectivity index (χ4n) is 4.13. The Kier molecular flexibility index (Phi) is 19.3. The summed E-state index contributed by atoms with van der Waals surface area (Å²) in [5.41, 5.74) is 0. The molecule has 0 saturated carbocycles. The Bertz CT molecular complexity index is 220. The van der Waals surface area contributed by atoms with Crippen molar-refractivity contribution in [2.45, 2.75) is 143 Å². The zero-order chi connectivity index (χ0) is 17.9. The minimum absolute atomic E-state index is 1.02. The van der Waals surface area contributed by atoms with Crippen LogP contribution >= 0.6 is 0 Å². The van der Waals surface area contributed by atoms with Gasteiger partial charge in [-0.1, -0.05) is 143 Å². The predicted molar refractivity (Wildman–Crippen MR) is 113 cm³/mol. The van der Waals surface area contributed by atoms with Crippen molar-refractivity contribution < 1.29 is 0 Å². The zero-order valence-electron chi connectivity index (χ0n) is 17.9. The van der Waals surface area contributed by atoms with Gasteiger partial charge in [-0.3, -0.25) is 0 Å². The Morgan fingerprint density at radius 3 is 1.25 bits per heavy atom. The van der Waals surface area contributed by atoms with Crippen molar-refractivity contribution >= 4 is 0 Å². The van der Waals surface area contributed by atoms with E-state index in [0.717, 1.165) is 11.8 Å². The highest BCUT2D eigenvalue weighted by atomic mass is 14.2. The van der Waals surface area contributed by atoms with E-state index >= 15 is 0 Å². The van der Waals surface area contributed by atoms with Crippen molar-refractivity contribution in [2.24, 2.45) is 11.8 Å². The molecule has 0 aliphatic carbocycles. The van der Waals surface area contributed by atoms with Gasteiger partial charge in [-0.05, 0) is 11.8 Å². The summed E-state index contributed by atoms with van der Waals surface area (Å²) in [6, 6.07) is 0. The van der Waals surface area contributed by atoms with E-state index in [2.05, 4.69) is 27.7 Å². The van der Waals surface area contributed by atoms with Crippen LogP contribution in [-0.2, 0) is 0 Å². The molecule has 0 aliphatic heterocycles. The summed E-state index contributed by atoms with van der Waals surface area (Å²) in [6.45, 7) is 9.37. The highest BCUT2D eigenvalue weighted by molar-refractivity contribution is 4.66. The Hall–Kier alpha value is 0. The van der Waals surface area contributed by atoms with E-state index in [1.165, 1.54) is 116 Å². The Morgan fingerprint density at radius 2 is 0.750 bits per heavy atom. The fraction of sp³-hybridized carbons (Fsp3) is 1.00. The van der Waals surface area contributed by atoms with Gasteiger partial charge in [0.1, 0.15) is 0 Å². The monoisotopic (exact) mass is 338 g/mol. The highest BCUT2D eigenvalue weighted by Gasteiger charge is 2.13. The lowest BCUT2D eigenvalue weighted by molar-refractivity contribution is 0.315. The molecular formula is C24H50. The molecule has 0 fully saturated rings. The summed E-state index contributed by atoms with van der Waals surface area (Å²) in [5, 5.41) is 0. The SMILES string of the molecule is CCCCCCCC(CCC)CCC(CCCC)CCCCCC. The number of hydrogen-bond acceptors (Lipinski definition) is 0. The van der Waals surface area contributed by atoms with E-state index in [9.17, 15) is 0 Å². The molecule has 0 saturated heterocycles. The molecule has 0 aromatic carbocycles. The van der Waals surface area contributed by atoms with Crippen LogP contribution in [0.25, 0.3) is 0 Å². The molecule has 0 amide bonds. The second-order valence-corrected chi connectivity index (χ2v) is 8.29. The zero-order valence-corrected chi connectivity index (χ0v) is 17.9. The van der Waals surface area contributed by atoms with Gasteiger partial charge in [-0.2, -0.15) is 0 Å². The fourth-order valence-corrected chi connectivity index (χ4v) is 4.13. The maximum absolute atomic E-state index is 2.38. The molecule has 0 heterocycles. The second-order valence-electron chi connectivity index (χ2n) is 8.29. The van der Waals surface area contributed by atoms with E-state index in [4.69, 9.17) is 0 Å². The van der Waals surface area contributed by atoms with Gasteiger partial charge in [0, 0.05) is 0 Å². The van der Waals surface area contributed by atoms with Crippen molar-refractivity contribution in [3.8, 4) is 0 Å². The molecule has 0 aromatic rings. The van der Waals surface area contributed by atoms with Gasteiger partial charge in [0.15, 0.2) is 0 Å². The van der Waals surface area contributed by atoms with Gasteiger partial charge in [0.05, 0.1) is 0 Å². The van der Waals surface area contributed by atoms with Crippen molar-refractivity contribution in [1.82, 2.24) is 0 Å². The molecule has 0 radical (unpaired) electrons. The van der Waals surface area contributed by atoms with Crippen molar-refractivity contribution in [2.75, 3.05) is 0 Å². The molecule has 0 bridgehead atoms. The van der Waals surface area contributed by atoms with Gasteiger partial charge in [-0.25, -0.2) is 0 Å². The minimum Gasteiger partial charge on any atom is -0.0654 e. The van der Waals surface area contributed by atoms with E-state index in [0.29, 0.717) is 0 Å². The van der Waals surface area contributed by atoms with Crippen molar-refractivity contribution in [3.05, 3.63) is 0 Å². The molecule has 0 heteroatoms. The average Bonchev–Trinajstić information content (AvgIpc) is 2.59. The third kappa shape index (κ3) is 15.5. The van der Waals surface area contributed by atoms with E-state index in [1.54, 1.807) is 0 Å². The largest absolute Gasteiger partial charge is 0.0654 e. The van der Waals surface area contributed by atoms with Crippen molar-refractivity contribution in [1.29, 1.82) is 0 Å². The molecule has 0 spiro atoms. The summed E-state index contributed by atoms with van der Waals surface area (Å²) in [7, 11) is 0. The minimum atomic E-state index is 1.02. The molecule has 146 valence electrons. The van der Waals surface area contributed by atoms with Crippen LogP contribution in [0.1, 0.15) is 143 Å². The van der Waals surface area contributed by atoms with Crippen LogP contribution in [0.15, 0.2) is 0 Å². The smallest absolute Gasteiger partial charge is 0.0414 e. The van der Waals surface area contributed by atoms with Gasteiger partial charge < -0.3 is 0 Å². The van der Waals surface area contributed by atoms with Gasteiger partial charge in [0.2, 0.25) is 0 Å². The van der Waals surface area contributed by atoms with Crippen LogP contribution in [0.3, 0.4) is 0 Å². The quantitative estimate of drug-likeness (QED) is 0.206. The molecular weight excluding hydrogens is 288 g/mol. The van der Waals surface area contributed by atoms with Crippen LogP contribution in [0.5, 0.6) is 0 Å². The lowest BCUT2D eigenvalue weighted by Crippen LogP contribution is -2.07. The molecule has 0 rings (SSSR count). The molecule has 24 heavy (non-hydrogen) atoms. The van der Waals surface area contributed by atoms with Crippen LogP contribution in [-0.4, -0.2) is 0 Å². The summed E-state index contributed by atoms with van der Waals surface area (Å²) < 4.78 is 0.